The molecule has 1 aromatic heterocycles. The number of hydrogen-bond acceptors (Lipinski definition) is 4. The minimum absolute atomic E-state index is 0.245. The first-order valence-corrected chi connectivity index (χ1v) is 7.77. The Morgan fingerprint density at radius 2 is 2.00 bits per heavy atom. The predicted molar refractivity (Wildman–Crippen MR) is 76.6 cm³/mol. The average Bonchev–Trinajstić information content (AvgIpc) is 3.08. The number of aromatic nitrogens is 2. The van der Waals surface area contributed by atoms with E-state index in [1.165, 1.54) is 18.6 Å². The Hall–Kier alpha value is -1.98. The third-order valence-corrected chi connectivity index (χ3v) is 4.72. The first-order valence-electron chi connectivity index (χ1n) is 7.77. The molecular weight excluding hydrogens is 288 g/mol. The first-order chi connectivity index (χ1) is 10.7. The summed E-state index contributed by atoms with van der Waals surface area (Å²) in [6, 6.07) is 3.76. The summed E-state index contributed by atoms with van der Waals surface area (Å²) in [5.41, 5.74) is 0.362. The van der Waals surface area contributed by atoms with Crippen LogP contribution < -0.4 is 4.90 Å². The summed E-state index contributed by atoms with van der Waals surface area (Å²) >= 11 is 0. The van der Waals surface area contributed by atoms with Crippen LogP contribution in [0.2, 0.25) is 0 Å². The largest absolute Gasteiger partial charge is 0.324 e. The van der Waals surface area contributed by atoms with Gasteiger partial charge in [0.05, 0.1) is 6.04 Å². The van der Waals surface area contributed by atoms with Crippen LogP contribution in [0.1, 0.15) is 55.5 Å². The van der Waals surface area contributed by atoms with E-state index in [0.29, 0.717) is 24.0 Å². The Balaban J connectivity index is 1.63. The highest BCUT2D eigenvalue weighted by atomic mass is 19.1. The van der Waals surface area contributed by atoms with Gasteiger partial charge in [-0.3, -0.25) is 0 Å². The number of halogens is 2. The van der Waals surface area contributed by atoms with Gasteiger partial charge in [-0.05, 0) is 43.9 Å². The summed E-state index contributed by atoms with van der Waals surface area (Å²) in [5.74, 6) is 0.317. The molecule has 4 nitrogen and oxygen atoms in total. The van der Waals surface area contributed by atoms with Gasteiger partial charge in [-0.1, -0.05) is 11.6 Å². The molecule has 2 heterocycles. The van der Waals surface area contributed by atoms with Crippen molar-refractivity contribution in [3.8, 4) is 0 Å². The van der Waals surface area contributed by atoms with Crippen LogP contribution in [-0.2, 0) is 0 Å². The van der Waals surface area contributed by atoms with Crippen molar-refractivity contribution in [1.29, 1.82) is 0 Å². The quantitative estimate of drug-likeness (QED) is 0.861. The molecule has 1 saturated heterocycles. The zero-order valence-corrected chi connectivity index (χ0v) is 12.1. The highest BCUT2D eigenvalue weighted by molar-refractivity contribution is 5.37. The van der Waals surface area contributed by atoms with Crippen LogP contribution in [0.5, 0.6) is 0 Å². The summed E-state index contributed by atoms with van der Waals surface area (Å²) in [7, 11) is 0. The first kappa shape index (κ1) is 13.7. The normalized spacial score (nSPS) is 22.1. The maximum absolute atomic E-state index is 14.0. The summed E-state index contributed by atoms with van der Waals surface area (Å²) < 4.78 is 32.9. The van der Waals surface area contributed by atoms with Crippen molar-refractivity contribution >= 4 is 6.01 Å². The molecule has 1 aromatic carbocycles. The zero-order valence-electron chi connectivity index (χ0n) is 12.1. The van der Waals surface area contributed by atoms with Gasteiger partial charge in [0.15, 0.2) is 5.82 Å². The SMILES string of the molecule is Fc1ccc(F)c(C2CCCN2c2nc(C3CCC3)no2)c1. The number of anilines is 1. The molecule has 1 aliphatic heterocycles. The molecule has 4 rings (SSSR count). The van der Waals surface area contributed by atoms with Crippen molar-refractivity contribution in [1.82, 2.24) is 10.1 Å². The van der Waals surface area contributed by atoms with Gasteiger partial charge in [-0.2, -0.15) is 4.98 Å². The van der Waals surface area contributed by atoms with Crippen LogP contribution in [-0.4, -0.2) is 16.7 Å². The van der Waals surface area contributed by atoms with Crippen LogP contribution in [0.25, 0.3) is 0 Å². The van der Waals surface area contributed by atoms with E-state index in [0.717, 1.165) is 37.6 Å². The van der Waals surface area contributed by atoms with Crippen molar-refractivity contribution in [2.24, 2.45) is 0 Å². The van der Waals surface area contributed by atoms with Crippen LogP contribution in [0, 0.1) is 11.6 Å². The highest BCUT2D eigenvalue weighted by Crippen LogP contribution is 2.39. The second-order valence-electron chi connectivity index (χ2n) is 6.08. The van der Waals surface area contributed by atoms with E-state index >= 15 is 0 Å². The van der Waals surface area contributed by atoms with E-state index in [1.54, 1.807) is 0 Å². The van der Waals surface area contributed by atoms with Crippen LogP contribution in [0.15, 0.2) is 22.7 Å². The lowest BCUT2D eigenvalue weighted by molar-refractivity contribution is 0.361. The van der Waals surface area contributed by atoms with E-state index in [-0.39, 0.29) is 6.04 Å². The fraction of sp³-hybridized carbons (Fsp3) is 0.500. The standard InChI is InChI=1S/C16H17F2N3O/c17-11-6-7-13(18)12(9-11)14-5-2-8-21(14)16-19-15(20-22-16)10-3-1-4-10/h6-7,9-10,14H,1-5,8H2. The average molecular weight is 305 g/mol. The second-order valence-corrected chi connectivity index (χ2v) is 6.08. The Kier molecular flexibility index (Phi) is 3.32. The number of nitrogens with zero attached hydrogens (tertiary/aromatic N) is 3. The fourth-order valence-corrected chi connectivity index (χ4v) is 3.26. The topological polar surface area (TPSA) is 42.2 Å². The molecule has 1 unspecified atom stereocenters. The minimum Gasteiger partial charge on any atom is -0.317 e. The Morgan fingerprint density at radius 1 is 1.14 bits per heavy atom. The monoisotopic (exact) mass is 305 g/mol. The Morgan fingerprint density at radius 3 is 2.77 bits per heavy atom. The van der Waals surface area contributed by atoms with Gasteiger partial charge in [0.25, 0.3) is 0 Å². The minimum atomic E-state index is -0.427. The number of rotatable bonds is 3. The lowest BCUT2D eigenvalue weighted by Gasteiger charge is -2.23. The van der Waals surface area contributed by atoms with Crippen molar-refractivity contribution < 1.29 is 13.3 Å². The van der Waals surface area contributed by atoms with E-state index in [1.807, 2.05) is 4.90 Å². The van der Waals surface area contributed by atoms with Gasteiger partial charge < -0.3 is 9.42 Å². The molecule has 0 radical (unpaired) electrons. The van der Waals surface area contributed by atoms with Gasteiger partial charge in [-0.25, -0.2) is 8.78 Å². The molecule has 1 aliphatic carbocycles. The maximum atomic E-state index is 14.0. The fourth-order valence-electron chi connectivity index (χ4n) is 3.26. The summed E-state index contributed by atoms with van der Waals surface area (Å²) in [4.78, 5) is 6.37. The third-order valence-electron chi connectivity index (χ3n) is 4.72. The number of hydrogen-bond donors (Lipinski definition) is 0. The Bertz CT molecular complexity index is 684. The van der Waals surface area contributed by atoms with E-state index in [9.17, 15) is 8.78 Å². The van der Waals surface area contributed by atoms with Gasteiger partial charge in [0.2, 0.25) is 0 Å². The Labute approximate surface area is 127 Å². The molecule has 2 aromatic rings. The molecule has 2 aliphatic rings. The van der Waals surface area contributed by atoms with E-state index < -0.39 is 11.6 Å². The molecule has 1 atom stereocenters. The molecule has 116 valence electrons. The smallest absolute Gasteiger partial charge is 0.317 e. The van der Waals surface area contributed by atoms with Crippen molar-refractivity contribution in [3.63, 3.8) is 0 Å². The van der Waals surface area contributed by atoms with Crippen LogP contribution in [0.3, 0.4) is 0 Å². The molecular formula is C16H17F2N3O. The molecule has 0 spiro atoms. The molecule has 1 saturated carbocycles. The molecule has 6 heteroatoms. The molecule has 2 fully saturated rings. The van der Waals surface area contributed by atoms with Crippen molar-refractivity contribution in [2.75, 3.05) is 11.4 Å². The van der Waals surface area contributed by atoms with Gasteiger partial charge >= 0.3 is 6.01 Å². The lowest BCUT2D eigenvalue weighted by Crippen LogP contribution is -2.24. The van der Waals surface area contributed by atoms with Crippen LogP contribution >= 0.6 is 0 Å². The van der Waals surface area contributed by atoms with E-state index in [4.69, 9.17) is 4.52 Å². The van der Waals surface area contributed by atoms with Gasteiger partial charge in [0.1, 0.15) is 11.6 Å². The van der Waals surface area contributed by atoms with Crippen molar-refractivity contribution in [2.45, 2.75) is 44.1 Å². The molecule has 22 heavy (non-hydrogen) atoms. The molecule has 0 amide bonds. The summed E-state index contributed by atoms with van der Waals surface area (Å²) in [6.45, 7) is 0.715. The lowest BCUT2D eigenvalue weighted by atomic mass is 9.85. The van der Waals surface area contributed by atoms with Crippen molar-refractivity contribution in [3.05, 3.63) is 41.2 Å². The summed E-state index contributed by atoms with van der Waals surface area (Å²) in [6.07, 6.45) is 5.04. The van der Waals surface area contributed by atoms with E-state index in [2.05, 4.69) is 10.1 Å². The predicted octanol–water partition coefficient (Wildman–Crippen LogP) is 3.96. The van der Waals surface area contributed by atoms with Gasteiger partial charge in [-0.15, -0.1) is 0 Å². The number of benzene rings is 1. The second kappa shape index (κ2) is 5.34. The molecule has 0 bridgehead atoms. The zero-order chi connectivity index (χ0) is 15.1. The summed E-state index contributed by atoms with van der Waals surface area (Å²) in [5, 5.41) is 4.06. The highest BCUT2D eigenvalue weighted by Gasteiger charge is 2.33. The third kappa shape index (κ3) is 2.26. The molecule has 0 N–H and O–H groups in total. The van der Waals surface area contributed by atoms with Gasteiger partial charge in [0, 0.05) is 18.0 Å². The maximum Gasteiger partial charge on any atom is 0.324 e. The van der Waals surface area contributed by atoms with Crippen LogP contribution in [0.4, 0.5) is 14.8 Å².